The van der Waals surface area contributed by atoms with Crippen LogP contribution in [0.4, 0.5) is 0 Å². The van der Waals surface area contributed by atoms with Gasteiger partial charge in [-0.05, 0) is 59.0 Å². The van der Waals surface area contributed by atoms with E-state index in [2.05, 4.69) is 94.9 Å². The summed E-state index contributed by atoms with van der Waals surface area (Å²) in [4.78, 5) is 13.9. The smallest absolute Gasteiger partial charge is 0.497 e. The van der Waals surface area contributed by atoms with E-state index >= 15 is 0 Å². The van der Waals surface area contributed by atoms with Crippen LogP contribution in [-0.2, 0) is 21.1 Å². The fraction of sp³-hybridized carbons (Fsp3) is 0.0541. The second kappa shape index (κ2) is 10.0. The maximum Gasteiger partial charge on any atom is 2.00 e. The van der Waals surface area contributed by atoms with E-state index in [0.717, 1.165) is 54.8 Å². The third-order valence-corrected chi connectivity index (χ3v) is 8.41. The first kappa shape index (κ1) is 26.6. The Labute approximate surface area is 266 Å². The minimum absolute atomic E-state index is 0. The average Bonchev–Trinajstić information content (AvgIpc) is 3.73. The number of imidazole rings is 2. The van der Waals surface area contributed by atoms with Gasteiger partial charge in [-0.25, -0.2) is 4.98 Å². The molecular weight excluding hydrogens is 726 g/mol. The van der Waals surface area contributed by atoms with Crippen LogP contribution in [0.2, 0.25) is 0 Å². The van der Waals surface area contributed by atoms with Crippen molar-refractivity contribution >= 4 is 54.8 Å². The Morgan fingerprint density at radius 1 is 0.591 bits per heavy atom. The number of aryl methyl sites for hydroxylation is 2. The molecule has 0 fully saturated rings. The molecule has 0 aliphatic heterocycles. The van der Waals surface area contributed by atoms with Gasteiger partial charge in [-0.15, -0.1) is 12.1 Å². The number of benzene rings is 4. The molecule has 5 aromatic heterocycles. The van der Waals surface area contributed by atoms with E-state index in [1.54, 1.807) is 12.4 Å². The number of rotatable bonds is 3. The Balaban J connectivity index is 0.00000289. The molecule has 0 radical (unpaired) electrons. The number of hydrogen-bond acceptors (Lipinski definition) is 4. The van der Waals surface area contributed by atoms with E-state index in [1.165, 1.54) is 22.3 Å². The van der Waals surface area contributed by atoms with E-state index in [4.69, 9.17) is 9.72 Å². The minimum Gasteiger partial charge on any atom is -0.497 e. The standard InChI is InChI=1S/C37H23N5O.Pt/c1-22-5-3-6-23(2)34(22)24-8-11-29-27-12-9-25(20-31(27)36-39-15-17-41(36)33(29)19-24)43-26-10-13-28-30-7-4-14-38-35(30)42-18-16-40-37(42)32(28)21-26;/h3-19H,1-2H3;/q-2;+2. The summed E-state index contributed by atoms with van der Waals surface area (Å²) in [6.45, 7) is 4.33. The summed E-state index contributed by atoms with van der Waals surface area (Å²) in [6.07, 6.45) is 9.36. The van der Waals surface area contributed by atoms with Crippen molar-refractivity contribution in [2.75, 3.05) is 0 Å². The second-order valence-corrected chi connectivity index (χ2v) is 10.9. The van der Waals surface area contributed by atoms with Gasteiger partial charge in [0.15, 0.2) is 0 Å². The van der Waals surface area contributed by atoms with Gasteiger partial charge < -0.3 is 13.5 Å². The largest absolute Gasteiger partial charge is 2.00 e. The molecule has 9 rings (SSSR count). The molecule has 0 N–H and O–H groups in total. The molecule has 0 aliphatic carbocycles. The van der Waals surface area contributed by atoms with Crippen LogP contribution in [0.5, 0.6) is 11.5 Å². The summed E-state index contributed by atoms with van der Waals surface area (Å²) < 4.78 is 10.5. The van der Waals surface area contributed by atoms with Gasteiger partial charge in [0, 0.05) is 48.0 Å². The minimum atomic E-state index is 0. The monoisotopic (exact) mass is 748 g/mol. The van der Waals surface area contributed by atoms with Gasteiger partial charge in [-0.2, -0.15) is 0 Å². The first-order valence-electron chi connectivity index (χ1n) is 14.2. The van der Waals surface area contributed by atoms with Crippen LogP contribution in [0.15, 0.2) is 104 Å². The molecule has 0 unspecified atom stereocenters. The molecule has 212 valence electrons. The number of pyridine rings is 3. The molecule has 0 bridgehead atoms. The van der Waals surface area contributed by atoms with Crippen LogP contribution in [0.1, 0.15) is 11.1 Å². The Morgan fingerprint density at radius 2 is 1.20 bits per heavy atom. The molecule has 7 heteroatoms. The van der Waals surface area contributed by atoms with Crippen molar-refractivity contribution in [3.8, 4) is 22.6 Å². The molecule has 5 heterocycles. The molecule has 44 heavy (non-hydrogen) atoms. The third-order valence-electron chi connectivity index (χ3n) is 8.41. The maximum absolute atomic E-state index is 6.37. The molecule has 9 aromatic rings. The third kappa shape index (κ3) is 3.88. The van der Waals surface area contributed by atoms with Gasteiger partial charge >= 0.3 is 21.1 Å². The van der Waals surface area contributed by atoms with E-state index in [0.29, 0.717) is 11.5 Å². The zero-order valence-corrected chi connectivity index (χ0v) is 26.0. The van der Waals surface area contributed by atoms with E-state index < -0.39 is 0 Å². The quantitative estimate of drug-likeness (QED) is 0.134. The van der Waals surface area contributed by atoms with Crippen molar-refractivity contribution in [2.24, 2.45) is 0 Å². The summed E-state index contributed by atoms with van der Waals surface area (Å²) in [5.41, 5.74) is 8.61. The van der Waals surface area contributed by atoms with E-state index in [1.807, 2.05) is 41.2 Å². The molecule has 6 nitrogen and oxygen atoms in total. The Hall–Kier alpha value is -5.06. The van der Waals surface area contributed by atoms with Gasteiger partial charge in [0.2, 0.25) is 0 Å². The zero-order chi connectivity index (χ0) is 28.7. The summed E-state index contributed by atoms with van der Waals surface area (Å²) >= 11 is 0. The van der Waals surface area contributed by atoms with Crippen molar-refractivity contribution in [3.63, 3.8) is 0 Å². The van der Waals surface area contributed by atoms with Crippen LogP contribution in [0.25, 0.3) is 65.9 Å². The van der Waals surface area contributed by atoms with Crippen molar-refractivity contribution in [3.05, 3.63) is 127 Å². The summed E-state index contributed by atoms with van der Waals surface area (Å²) in [7, 11) is 0. The topological polar surface area (TPSA) is 56.7 Å². The summed E-state index contributed by atoms with van der Waals surface area (Å²) in [6, 6.07) is 32.2. The summed E-state index contributed by atoms with van der Waals surface area (Å²) in [5.74, 6) is 1.19. The summed E-state index contributed by atoms with van der Waals surface area (Å²) in [5, 5.41) is 6.07. The number of fused-ring (bicyclic) bond motifs is 12. The molecule has 0 saturated carbocycles. The van der Waals surface area contributed by atoms with Crippen LogP contribution in [0.3, 0.4) is 0 Å². The van der Waals surface area contributed by atoms with Gasteiger partial charge in [0.1, 0.15) is 5.65 Å². The first-order valence-corrected chi connectivity index (χ1v) is 14.2. The zero-order valence-electron chi connectivity index (χ0n) is 23.8. The molecule has 0 saturated heterocycles. The van der Waals surface area contributed by atoms with Crippen LogP contribution >= 0.6 is 0 Å². The number of aromatic nitrogens is 5. The Kier molecular flexibility index (Phi) is 6.04. The first-order chi connectivity index (χ1) is 21.1. The number of ether oxygens (including phenoxy) is 1. The van der Waals surface area contributed by atoms with Gasteiger partial charge in [-0.3, -0.25) is 9.97 Å². The van der Waals surface area contributed by atoms with Crippen LogP contribution in [0, 0.1) is 26.0 Å². The maximum atomic E-state index is 6.37. The molecule has 0 aliphatic rings. The van der Waals surface area contributed by atoms with Crippen molar-refractivity contribution in [2.45, 2.75) is 13.8 Å². The fourth-order valence-electron chi connectivity index (χ4n) is 6.51. The van der Waals surface area contributed by atoms with Gasteiger partial charge in [-0.1, -0.05) is 82.2 Å². The Bertz CT molecular complexity index is 2560. The predicted molar refractivity (Wildman–Crippen MR) is 171 cm³/mol. The second-order valence-electron chi connectivity index (χ2n) is 10.9. The number of hydrogen-bond donors (Lipinski definition) is 0. The van der Waals surface area contributed by atoms with Crippen LogP contribution in [-0.4, -0.2) is 23.8 Å². The van der Waals surface area contributed by atoms with E-state index in [9.17, 15) is 0 Å². The fourth-order valence-corrected chi connectivity index (χ4v) is 6.51. The van der Waals surface area contributed by atoms with Gasteiger partial charge in [0.25, 0.3) is 0 Å². The molecule has 0 atom stereocenters. The average molecular weight is 749 g/mol. The number of nitrogens with zero attached hydrogens (tertiary/aromatic N) is 5. The normalized spacial score (nSPS) is 11.7. The van der Waals surface area contributed by atoms with Crippen molar-refractivity contribution < 1.29 is 25.8 Å². The molecule has 0 amide bonds. The Morgan fingerprint density at radius 3 is 1.93 bits per heavy atom. The molecular formula is C37H23N5OPt. The van der Waals surface area contributed by atoms with Crippen molar-refractivity contribution in [1.29, 1.82) is 0 Å². The van der Waals surface area contributed by atoms with Crippen molar-refractivity contribution in [1.82, 2.24) is 23.8 Å². The molecule has 4 aromatic carbocycles. The SMILES string of the molecule is Cc1cccc(C)c1-c1ccc2c3ccc(Oc4[c-]c5c(cc4)c4cccnc4n4ccnc54)[c-]c3c3nccn3c2c1.[Pt+2]. The predicted octanol–water partition coefficient (Wildman–Crippen LogP) is 8.66. The van der Waals surface area contributed by atoms with E-state index in [-0.39, 0.29) is 21.1 Å². The van der Waals surface area contributed by atoms with Gasteiger partial charge in [0.05, 0.1) is 11.3 Å². The van der Waals surface area contributed by atoms with Crippen LogP contribution < -0.4 is 4.74 Å². The molecule has 0 spiro atoms.